The van der Waals surface area contributed by atoms with Gasteiger partial charge < -0.3 is 5.32 Å². The molecule has 1 nitrogen and oxygen atoms in total. The van der Waals surface area contributed by atoms with Gasteiger partial charge in [-0.15, -0.1) is 9.24 Å². The van der Waals surface area contributed by atoms with Gasteiger partial charge in [-0.2, -0.15) is 0 Å². The Labute approximate surface area is 59.8 Å². The Morgan fingerprint density at radius 3 is 2.89 bits per heavy atom. The van der Waals surface area contributed by atoms with Gasteiger partial charge in [-0.25, -0.2) is 0 Å². The van der Waals surface area contributed by atoms with Crippen molar-refractivity contribution in [1.82, 2.24) is 5.32 Å². The molecule has 1 aliphatic rings. The summed E-state index contributed by atoms with van der Waals surface area (Å²) in [6.07, 6.45) is 2.66. The Bertz CT molecular complexity index is 85.0. The van der Waals surface area contributed by atoms with Gasteiger partial charge in [0.2, 0.25) is 0 Å². The van der Waals surface area contributed by atoms with E-state index >= 15 is 0 Å². The first-order valence-corrected chi connectivity index (χ1v) is 4.47. The predicted octanol–water partition coefficient (Wildman–Crippen LogP) is 1.25. The van der Waals surface area contributed by atoms with E-state index in [9.17, 15) is 0 Å². The third kappa shape index (κ3) is 1.91. The largest absolute Gasteiger partial charge is 0.316 e. The van der Waals surface area contributed by atoms with Gasteiger partial charge in [0, 0.05) is 0 Å². The van der Waals surface area contributed by atoms with Crippen LogP contribution >= 0.6 is 9.24 Å². The molecule has 9 heavy (non-hydrogen) atoms. The maximum absolute atomic E-state index is 3.40. The molecule has 3 unspecified atom stereocenters. The van der Waals surface area contributed by atoms with Gasteiger partial charge in [0.05, 0.1) is 0 Å². The first-order chi connectivity index (χ1) is 4.34. The van der Waals surface area contributed by atoms with Crippen LogP contribution in [-0.4, -0.2) is 18.7 Å². The summed E-state index contributed by atoms with van der Waals surface area (Å²) < 4.78 is 0. The third-order valence-electron chi connectivity index (χ3n) is 2.19. The lowest BCUT2D eigenvalue weighted by molar-refractivity contribution is 0.380. The van der Waals surface area contributed by atoms with Crippen LogP contribution in [0, 0.1) is 5.92 Å². The minimum atomic E-state index is 0.872. The highest BCUT2D eigenvalue weighted by atomic mass is 31.0. The van der Waals surface area contributed by atoms with Crippen molar-refractivity contribution in [2.24, 2.45) is 5.92 Å². The minimum Gasteiger partial charge on any atom is -0.316 e. The van der Waals surface area contributed by atoms with E-state index in [0.717, 1.165) is 11.6 Å². The van der Waals surface area contributed by atoms with Crippen molar-refractivity contribution in [2.75, 3.05) is 13.1 Å². The molecule has 0 aromatic carbocycles. The van der Waals surface area contributed by atoms with Crippen molar-refractivity contribution in [2.45, 2.75) is 25.4 Å². The van der Waals surface area contributed by atoms with E-state index in [2.05, 4.69) is 21.5 Å². The fourth-order valence-corrected chi connectivity index (χ4v) is 1.97. The minimum absolute atomic E-state index is 0.872. The average molecular weight is 145 g/mol. The van der Waals surface area contributed by atoms with Gasteiger partial charge in [-0.3, -0.25) is 0 Å². The van der Waals surface area contributed by atoms with Gasteiger partial charge in [0.25, 0.3) is 0 Å². The summed E-state index contributed by atoms with van der Waals surface area (Å²) in [5.74, 6) is 0.906. The van der Waals surface area contributed by atoms with E-state index in [1.165, 1.54) is 25.9 Å². The van der Waals surface area contributed by atoms with Crippen LogP contribution in [-0.2, 0) is 0 Å². The standard InChI is InChI=1S/C7H16NP/c1-2-6-5-8-4-3-7(6)9/h6-8H,2-5,9H2,1H3. The lowest BCUT2D eigenvalue weighted by Crippen LogP contribution is -2.36. The highest BCUT2D eigenvalue weighted by Gasteiger charge is 2.18. The molecule has 2 heteroatoms. The number of nitrogens with one attached hydrogen (secondary N) is 1. The van der Waals surface area contributed by atoms with Crippen molar-refractivity contribution in [1.29, 1.82) is 0 Å². The second-order valence-electron chi connectivity index (χ2n) is 2.82. The quantitative estimate of drug-likeness (QED) is 0.547. The smallest absolute Gasteiger partial charge is 0.00147 e. The molecule has 0 aromatic rings. The van der Waals surface area contributed by atoms with Crippen LogP contribution in [0.2, 0.25) is 0 Å². The maximum atomic E-state index is 3.40. The van der Waals surface area contributed by atoms with E-state index < -0.39 is 0 Å². The SMILES string of the molecule is CCC1CNCCC1P. The van der Waals surface area contributed by atoms with Crippen LogP contribution < -0.4 is 5.32 Å². The fourth-order valence-electron chi connectivity index (χ4n) is 1.39. The Morgan fingerprint density at radius 2 is 2.44 bits per heavy atom. The van der Waals surface area contributed by atoms with Crippen LogP contribution in [0.1, 0.15) is 19.8 Å². The van der Waals surface area contributed by atoms with E-state index in [1.807, 2.05) is 0 Å². The normalized spacial score (nSPS) is 36.7. The van der Waals surface area contributed by atoms with Gasteiger partial charge in [0.15, 0.2) is 0 Å². The number of piperidine rings is 1. The fraction of sp³-hybridized carbons (Fsp3) is 1.00. The van der Waals surface area contributed by atoms with Crippen molar-refractivity contribution in [3.05, 3.63) is 0 Å². The molecule has 0 spiro atoms. The molecule has 0 aromatic heterocycles. The summed E-state index contributed by atoms with van der Waals surface area (Å²) in [6, 6.07) is 0. The first kappa shape index (κ1) is 7.50. The lowest BCUT2D eigenvalue weighted by Gasteiger charge is -2.28. The van der Waals surface area contributed by atoms with E-state index in [0.29, 0.717) is 0 Å². The summed E-state index contributed by atoms with van der Waals surface area (Å²) in [7, 11) is 2.95. The molecule has 0 radical (unpaired) electrons. The lowest BCUT2D eigenvalue weighted by atomic mass is 9.96. The van der Waals surface area contributed by atoms with E-state index in [4.69, 9.17) is 0 Å². The second-order valence-corrected chi connectivity index (χ2v) is 3.68. The van der Waals surface area contributed by atoms with Crippen molar-refractivity contribution in [3.8, 4) is 0 Å². The zero-order valence-corrected chi connectivity index (χ0v) is 7.22. The summed E-state index contributed by atoms with van der Waals surface area (Å²) >= 11 is 0. The Morgan fingerprint density at radius 1 is 1.67 bits per heavy atom. The molecule has 54 valence electrons. The van der Waals surface area contributed by atoms with Gasteiger partial charge in [-0.1, -0.05) is 13.3 Å². The molecule has 0 saturated carbocycles. The van der Waals surface area contributed by atoms with Crippen LogP contribution in [0.25, 0.3) is 0 Å². The summed E-state index contributed by atoms with van der Waals surface area (Å²) in [5, 5.41) is 3.40. The first-order valence-electron chi connectivity index (χ1n) is 3.81. The van der Waals surface area contributed by atoms with Gasteiger partial charge in [-0.05, 0) is 31.1 Å². The third-order valence-corrected chi connectivity index (χ3v) is 3.07. The molecule has 3 atom stereocenters. The molecule has 1 N–H and O–H groups in total. The van der Waals surface area contributed by atoms with Crippen molar-refractivity contribution >= 4 is 9.24 Å². The molecule has 1 fully saturated rings. The average Bonchev–Trinajstić information content (AvgIpc) is 1.89. The van der Waals surface area contributed by atoms with Crippen molar-refractivity contribution < 1.29 is 0 Å². The maximum Gasteiger partial charge on any atom is -0.00147 e. The molecule has 0 bridgehead atoms. The zero-order valence-electron chi connectivity index (χ0n) is 6.06. The van der Waals surface area contributed by atoms with Gasteiger partial charge in [0.1, 0.15) is 0 Å². The number of rotatable bonds is 1. The van der Waals surface area contributed by atoms with Crippen LogP contribution in [0.15, 0.2) is 0 Å². The molecule has 1 heterocycles. The van der Waals surface area contributed by atoms with Gasteiger partial charge >= 0.3 is 0 Å². The second kappa shape index (κ2) is 3.53. The molecule has 1 rings (SSSR count). The summed E-state index contributed by atoms with van der Waals surface area (Å²) in [4.78, 5) is 0. The molecule has 0 amide bonds. The highest BCUT2D eigenvalue weighted by Crippen LogP contribution is 2.21. The molecule has 1 saturated heterocycles. The van der Waals surface area contributed by atoms with Crippen molar-refractivity contribution in [3.63, 3.8) is 0 Å². The number of hydrogen-bond acceptors (Lipinski definition) is 1. The van der Waals surface area contributed by atoms with E-state index in [-0.39, 0.29) is 0 Å². The summed E-state index contributed by atoms with van der Waals surface area (Å²) in [6.45, 7) is 4.71. The number of hydrogen-bond donors (Lipinski definition) is 1. The topological polar surface area (TPSA) is 12.0 Å². The molecular formula is C7H16NP. The van der Waals surface area contributed by atoms with Crippen LogP contribution in [0.3, 0.4) is 0 Å². The zero-order chi connectivity index (χ0) is 6.69. The van der Waals surface area contributed by atoms with Crippen LogP contribution in [0.4, 0.5) is 0 Å². The monoisotopic (exact) mass is 145 g/mol. The van der Waals surface area contributed by atoms with Crippen LogP contribution in [0.5, 0.6) is 0 Å². The Kier molecular flexibility index (Phi) is 2.94. The Balaban J connectivity index is 2.30. The Hall–Kier alpha value is 0.390. The molecule has 1 aliphatic heterocycles. The predicted molar refractivity (Wildman–Crippen MR) is 44.8 cm³/mol. The molecular weight excluding hydrogens is 129 g/mol. The highest BCUT2D eigenvalue weighted by molar-refractivity contribution is 7.17. The summed E-state index contributed by atoms with van der Waals surface area (Å²) in [5.41, 5.74) is 0.872. The van der Waals surface area contributed by atoms with E-state index in [1.54, 1.807) is 0 Å². The molecule has 0 aliphatic carbocycles.